The van der Waals surface area contributed by atoms with Gasteiger partial charge in [0, 0.05) is 5.70 Å². The van der Waals surface area contributed by atoms with Crippen molar-refractivity contribution in [3.8, 4) is 0 Å². The minimum Gasteiger partial charge on any atom is -0.261 e. The SMILES string of the molecule is C=C=CN(C(=O)N1OCC=C1C)c1c(C)cccc1C. The lowest BCUT2D eigenvalue weighted by Crippen LogP contribution is -2.38. The van der Waals surface area contributed by atoms with Crippen LogP contribution in [0.25, 0.3) is 0 Å². The van der Waals surface area contributed by atoms with Gasteiger partial charge in [-0.2, -0.15) is 5.06 Å². The highest BCUT2D eigenvalue weighted by Gasteiger charge is 2.27. The quantitative estimate of drug-likeness (QED) is 0.768. The molecule has 0 fully saturated rings. The second-order valence-electron chi connectivity index (χ2n) is 4.66. The zero-order chi connectivity index (χ0) is 14.7. The number of allylic oxidation sites excluding steroid dienone is 1. The van der Waals surface area contributed by atoms with E-state index >= 15 is 0 Å². The average molecular weight is 270 g/mol. The first kappa shape index (κ1) is 14.1. The number of amides is 2. The fourth-order valence-corrected chi connectivity index (χ4v) is 2.21. The number of nitrogens with zero attached hydrogens (tertiary/aromatic N) is 2. The van der Waals surface area contributed by atoms with Gasteiger partial charge >= 0.3 is 6.03 Å². The summed E-state index contributed by atoms with van der Waals surface area (Å²) in [6, 6.07) is 5.62. The predicted octanol–water partition coefficient (Wildman–Crippen LogP) is 3.68. The highest BCUT2D eigenvalue weighted by molar-refractivity contribution is 5.95. The fraction of sp³-hybridized carbons (Fsp3) is 0.250. The number of carbonyl (C=O) groups is 1. The van der Waals surface area contributed by atoms with E-state index in [9.17, 15) is 4.79 Å². The molecule has 4 nitrogen and oxygen atoms in total. The van der Waals surface area contributed by atoms with Crippen LogP contribution in [0.2, 0.25) is 0 Å². The molecule has 1 aromatic carbocycles. The number of aryl methyl sites for hydroxylation is 2. The maximum absolute atomic E-state index is 12.6. The first-order chi connectivity index (χ1) is 9.56. The van der Waals surface area contributed by atoms with Crippen molar-refractivity contribution in [1.82, 2.24) is 5.06 Å². The van der Waals surface area contributed by atoms with Crippen molar-refractivity contribution in [1.29, 1.82) is 0 Å². The van der Waals surface area contributed by atoms with Crippen molar-refractivity contribution in [2.75, 3.05) is 11.5 Å². The van der Waals surface area contributed by atoms with Gasteiger partial charge in [-0.05, 0) is 38.0 Å². The monoisotopic (exact) mass is 270 g/mol. The topological polar surface area (TPSA) is 32.8 Å². The van der Waals surface area contributed by atoms with Crippen molar-refractivity contribution >= 4 is 11.7 Å². The van der Waals surface area contributed by atoms with Crippen LogP contribution in [0.4, 0.5) is 10.5 Å². The first-order valence-corrected chi connectivity index (χ1v) is 6.41. The third-order valence-corrected chi connectivity index (χ3v) is 3.18. The second kappa shape index (κ2) is 5.78. The predicted molar refractivity (Wildman–Crippen MR) is 79.0 cm³/mol. The molecule has 0 aromatic heterocycles. The van der Waals surface area contributed by atoms with Gasteiger partial charge in [0.2, 0.25) is 0 Å². The Morgan fingerprint density at radius 1 is 1.40 bits per heavy atom. The van der Waals surface area contributed by atoms with Crippen LogP contribution in [0.1, 0.15) is 18.1 Å². The molecule has 1 aromatic rings. The molecule has 2 rings (SSSR count). The lowest BCUT2D eigenvalue weighted by molar-refractivity contribution is -0.0545. The second-order valence-corrected chi connectivity index (χ2v) is 4.66. The lowest BCUT2D eigenvalue weighted by atomic mass is 10.1. The zero-order valence-corrected chi connectivity index (χ0v) is 12.0. The van der Waals surface area contributed by atoms with E-state index < -0.39 is 0 Å². The van der Waals surface area contributed by atoms with E-state index in [1.807, 2.05) is 45.0 Å². The summed E-state index contributed by atoms with van der Waals surface area (Å²) in [5, 5.41) is 1.29. The molecule has 0 saturated carbocycles. The molecule has 0 unspecified atom stereocenters. The van der Waals surface area contributed by atoms with Crippen molar-refractivity contribution in [2.45, 2.75) is 20.8 Å². The molecule has 1 aliphatic heterocycles. The molecule has 2 amide bonds. The number of para-hydroxylation sites is 1. The third-order valence-electron chi connectivity index (χ3n) is 3.18. The van der Waals surface area contributed by atoms with Crippen LogP contribution < -0.4 is 4.90 Å². The van der Waals surface area contributed by atoms with Crippen molar-refractivity contribution < 1.29 is 9.63 Å². The largest absolute Gasteiger partial charge is 0.357 e. The fourth-order valence-electron chi connectivity index (χ4n) is 2.21. The summed E-state index contributed by atoms with van der Waals surface area (Å²) >= 11 is 0. The number of hydrogen-bond acceptors (Lipinski definition) is 2. The van der Waals surface area contributed by atoms with Crippen molar-refractivity contribution in [2.24, 2.45) is 0 Å². The first-order valence-electron chi connectivity index (χ1n) is 6.41. The third kappa shape index (κ3) is 2.52. The summed E-state index contributed by atoms with van der Waals surface area (Å²) < 4.78 is 0. The summed E-state index contributed by atoms with van der Waals surface area (Å²) in [6.45, 7) is 9.75. The van der Waals surface area contributed by atoms with E-state index in [-0.39, 0.29) is 6.03 Å². The van der Waals surface area contributed by atoms with Crippen molar-refractivity contribution in [3.63, 3.8) is 0 Å². The Morgan fingerprint density at radius 2 is 2.05 bits per heavy atom. The number of hydroxylamine groups is 2. The number of hydrogen-bond donors (Lipinski definition) is 0. The van der Waals surface area contributed by atoms with Crippen LogP contribution in [-0.2, 0) is 4.84 Å². The van der Waals surface area contributed by atoms with Crippen LogP contribution in [0.3, 0.4) is 0 Å². The standard InChI is InChI=1S/C16H18N2O2/c1-5-10-17(15-12(2)7-6-8-13(15)3)16(19)18-14(4)9-11-20-18/h6-10H,1,11H2,2-4H3. The van der Waals surface area contributed by atoms with Crippen LogP contribution in [0, 0.1) is 13.8 Å². The van der Waals surface area contributed by atoms with E-state index in [2.05, 4.69) is 12.3 Å². The summed E-state index contributed by atoms with van der Waals surface area (Å²) in [5.74, 6) is 0. The van der Waals surface area contributed by atoms with E-state index in [4.69, 9.17) is 4.84 Å². The molecule has 104 valence electrons. The summed E-state index contributed by atoms with van der Waals surface area (Å²) in [4.78, 5) is 19.5. The van der Waals surface area contributed by atoms with E-state index in [0.29, 0.717) is 6.61 Å². The van der Waals surface area contributed by atoms with Crippen LogP contribution in [0.15, 0.2) is 48.5 Å². The minimum absolute atomic E-state index is 0.273. The maximum atomic E-state index is 12.6. The number of anilines is 1. The highest BCUT2D eigenvalue weighted by Crippen LogP contribution is 2.27. The lowest BCUT2D eigenvalue weighted by Gasteiger charge is -2.26. The Bertz CT molecular complexity index is 593. The van der Waals surface area contributed by atoms with E-state index in [1.54, 1.807) is 0 Å². The van der Waals surface area contributed by atoms with Gasteiger partial charge in [0.1, 0.15) is 0 Å². The average Bonchev–Trinajstić information content (AvgIpc) is 2.83. The number of urea groups is 1. The van der Waals surface area contributed by atoms with Gasteiger partial charge in [-0.3, -0.25) is 9.74 Å². The molecule has 0 radical (unpaired) electrons. The molecular formula is C16H18N2O2. The number of rotatable bonds is 2. The van der Waals surface area contributed by atoms with E-state index in [1.165, 1.54) is 16.2 Å². The Morgan fingerprint density at radius 3 is 2.55 bits per heavy atom. The molecule has 0 saturated heterocycles. The molecular weight excluding hydrogens is 252 g/mol. The van der Waals surface area contributed by atoms with E-state index in [0.717, 1.165) is 22.5 Å². The van der Waals surface area contributed by atoms with Gasteiger partial charge in [0.05, 0.1) is 18.5 Å². The molecule has 0 aliphatic carbocycles. The van der Waals surface area contributed by atoms with Crippen LogP contribution in [-0.4, -0.2) is 17.7 Å². The normalized spacial score (nSPS) is 13.8. The Labute approximate surface area is 119 Å². The molecule has 0 spiro atoms. The molecule has 0 atom stereocenters. The molecule has 1 aliphatic rings. The summed E-state index contributed by atoms with van der Waals surface area (Å²) in [6.07, 6.45) is 3.39. The molecule has 0 bridgehead atoms. The molecule has 0 N–H and O–H groups in total. The molecule has 4 heteroatoms. The van der Waals surface area contributed by atoms with Gasteiger partial charge < -0.3 is 0 Å². The molecule has 20 heavy (non-hydrogen) atoms. The van der Waals surface area contributed by atoms with Gasteiger partial charge in [0.15, 0.2) is 0 Å². The Balaban J connectivity index is 2.44. The van der Waals surface area contributed by atoms with Crippen LogP contribution >= 0.6 is 0 Å². The minimum atomic E-state index is -0.273. The van der Waals surface area contributed by atoms with Gasteiger partial charge in [0.25, 0.3) is 0 Å². The van der Waals surface area contributed by atoms with Crippen LogP contribution in [0.5, 0.6) is 0 Å². The number of benzene rings is 1. The Hall–Kier alpha value is -2.29. The Kier molecular flexibility index (Phi) is 4.08. The smallest absolute Gasteiger partial charge is 0.261 e. The summed E-state index contributed by atoms with van der Waals surface area (Å²) in [5.41, 5.74) is 6.29. The summed E-state index contributed by atoms with van der Waals surface area (Å²) in [7, 11) is 0. The maximum Gasteiger partial charge on any atom is 0.357 e. The highest BCUT2D eigenvalue weighted by atomic mass is 16.7. The number of carbonyl (C=O) groups excluding carboxylic acids is 1. The molecule has 1 heterocycles. The van der Waals surface area contributed by atoms with Crippen molar-refractivity contribution in [3.05, 3.63) is 59.6 Å². The van der Waals surface area contributed by atoms with Gasteiger partial charge in [-0.15, -0.1) is 5.73 Å². The van der Waals surface area contributed by atoms with Gasteiger partial charge in [-0.1, -0.05) is 24.8 Å². The zero-order valence-electron chi connectivity index (χ0n) is 12.0. The van der Waals surface area contributed by atoms with Gasteiger partial charge in [-0.25, -0.2) is 4.79 Å².